The Kier molecular flexibility index (Phi) is 5.50. The maximum Gasteiger partial charge on any atom is 0.336 e. The summed E-state index contributed by atoms with van der Waals surface area (Å²) in [6.45, 7) is 2.95. The second-order valence-corrected chi connectivity index (χ2v) is 7.97. The van der Waals surface area contributed by atoms with Gasteiger partial charge in [0.05, 0.1) is 6.20 Å². The molecule has 1 aliphatic rings. The van der Waals surface area contributed by atoms with Crippen LogP contribution < -0.4 is 15.8 Å². The fourth-order valence-electron chi connectivity index (χ4n) is 4.30. The number of aromatic nitrogens is 3. The minimum atomic E-state index is -0.385. The number of rotatable bonds is 6. The normalized spacial score (nSPS) is 14.9. The number of benzene rings is 2. The van der Waals surface area contributed by atoms with Gasteiger partial charge in [-0.1, -0.05) is 30.3 Å². The quantitative estimate of drug-likeness (QED) is 0.470. The number of aromatic amines is 1. The van der Waals surface area contributed by atoms with Gasteiger partial charge in [-0.3, -0.25) is 0 Å². The smallest absolute Gasteiger partial charge is 0.336 e. The molecule has 2 aromatic carbocycles. The summed E-state index contributed by atoms with van der Waals surface area (Å²) < 4.78 is 5.50. The first kappa shape index (κ1) is 19.5. The molecule has 2 aromatic heterocycles. The molecule has 0 radical (unpaired) electrons. The lowest BCUT2D eigenvalue weighted by atomic mass is 10.0. The third-order valence-electron chi connectivity index (χ3n) is 5.97. The summed E-state index contributed by atoms with van der Waals surface area (Å²) in [5.74, 6) is 0. The van der Waals surface area contributed by atoms with Gasteiger partial charge >= 0.3 is 5.63 Å². The van der Waals surface area contributed by atoms with E-state index in [1.54, 1.807) is 6.20 Å². The van der Waals surface area contributed by atoms with Gasteiger partial charge in [0.15, 0.2) is 0 Å². The zero-order chi connectivity index (χ0) is 21.0. The number of H-pyrrole nitrogens is 1. The van der Waals surface area contributed by atoms with Crippen LogP contribution in [0.25, 0.3) is 22.2 Å². The molecule has 4 aromatic rings. The predicted octanol–water partition coefficient (Wildman–Crippen LogP) is 3.38. The molecule has 0 spiro atoms. The van der Waals surface area contributed by atoms with Crippen LogP contribution in [0.4, 0.5) is 5.69 Å². The van der Waals surface area contributed by atoms with E-state index < -0.39 is 0 Å². The van der Waals surface area contributed by atoms with E-state index in [2.05, 4.69) is 62.0 Å². The van der Waals surface area contributed by atoms with Crippen molar-refractivity contribution in [3.05, 3.63) is 76.8 Å². The van der Waals surface area contributed by atoms with Crippen molar-refractivity contribution in [3.8, 4) is 11.3 Å². The summed E-state index contributed by atoms with van der Waals surface area (Å²) >= 11 is 0. The minimum absolute atomic E-state index is 0.385. The highest BCUT2D eigenvalue weighted by molar-refractivity contribution is 5.93. The van der Waals surface area contributed by atoms with E-state index in [1.165, 1.54) is 11.6 Å². The van der Waals surface area contributed by atoms with Gasteiger partial charge in [0.2, 0.25) is 0 Å². The highest BCUT2D eigenvalue weighted by Gasteiger charge is 2.20. The Morgan fingerprint density at radius 3 is 2.71 bits per heavy atom. The molecular weight excluding hydrogens is 390 g/mol. The van der Waals surface area contributed by atoms with Gasteiger partial charge in [0, 0.05) is 47.9 Å². The monoisotopic (exact) mass is 415 g/mol. The van der Waals surface area contributed by atoms with Crippen LogP contribution in [0.15, 0.2) is 70.0 Å². The van der Waals surface area contributed by atoms with Crippen LogP contribution in [-0.2, 0) is 6.42 Å². The molecule has 0 unspecified atom stereocenters. The van der Waals surface area contributed by atoms with Crippen molar-refractivity contribution < 1.29 is 4.42 Å². The van der Waals surface area contributed by atoms with Gasteiger partial charge in [-0.25, -0.2) is 4.79 Å². The molecule has 0 saturated carbocycles. The average molecular weight is 415 g/mol. The summed E-state index contributed by atoms with van der Waals surface area (Å²) in [5.41, 5.74) is 4.00. The zero-order valence-corrected chi connectivity index (χ0v) is 17.3. The molecule has 0 atom stereocenters. The second kappa shape index (κ2) is 8.73. The van der Waals surface area contributed by atoms with Crippen molar-refractivity contribution in [1.82, 2.24) is 20.7 Å². The Hall–Kier alpha value is -3.45. The average Bonchev–Trinajstić information content (AvgIpc) is 3.34. The Bertz CT molecular complexity index is 1200. The van der Waals surface area contributed by atoms with Crippen LogP contribution in [0.1, 0.15) is 18.4 Å². The maximum atomic E-state index is 12.1. The lowest BCUT2D eigenvalue weighted by Gasteiger charge is -2.34. The summed E-state index contributed by atoms with van der Waals surface area (Å²) in [7, 11) is 0. The van der Waals surface area contributed by atoms with Crippen LogP contribution >= 0.6 is 0 Å². The Morgan fingerprint density at radius 2 is 1.94 bits per heavy atom. The van der Waals surface area contributed by atoms with Gasteiger partial charge in [-0.15, -0.1) is 0 Å². The number of nitrogens with zero attached hydrogens (tertiary/aromatic N) is 3. The van der Waals surface area contributed by atoms with Gasteiger partial charge in [0.25, 0.3) is 0 Å². The summed E-state index contributed by atoms with van der Waals surface area (Å²) in [4.78, 5) is 14.4. The van der Waals surface area contributed by atoms with Crippen molar-refractivity contribution in [3.63, 3.8) is 0 Å². The topological polar surface area (TPSA) is 87.0 Å². The molecule has 1 aliphatic heterocycles. The number of anilines is 1. The number of hydrogen-bond acceptors (Lipinski definition) is 6. The highest BCUT2D eigenvalue weighted by Crippen LogP contribution is 2.29. The molecule has 158 valence electrons. The van der Waals surface area contributed by atoms with Crippen molar-refractivity contribution in [2.45, 2.75) is 25.3 Å². The Morgan fingerprint density at radius 1 is 1.10 bits per heavy atom. The van der Waals surface area contributed by atoms with E-state index in [1.807, 2.05) is 12.1 Å². The maximum absolute atomic E-state index is 12.1. The molecule has 2 N–H and O–H groups in total. The molecule has 0 aliphatic carbocycles. The fourth-order valence-corrected chi connectivity index (χ4v) is 4.30. The lowest BCUT2D eigenvalue weighted by molar-refractivity contribution is 0.417. The standard InChI is InChI=1S/C24H25N5O2/c30-24-15-21(22-16-26-28-27-22)20-7-6-19(14-23(20)31-24)29-12-9-18(10-13-29)25-11-8-17-4-2-1-3-5-17/h1-7,14-16,18,25H,8-13H2,(H,26,27,28). The van der Waals surface area contributed by atoms with Gasteiger partial charge in [0.1, 0.15) is 11.3 Å². The third-order valence-corrected chi connectivity index (χ3v) is 5.97. The molecule has 7 heteroatoms. The van der Waals surface area contributed by atoms with E-state index in [0.717, 1.165) is 55.5 Å². The van der Waals surface area contributed by atoms with E-state index in [4.69, 9.17) is 4.42 Å². The number of piperidine rings is 1. The first-order valence-corrected chi connectivity index (χ1v) is 10.7. The van der Waals surface area contributed by atoms with Crippen LogP contribution in [0, 0.1) is 0 Å². The molecule has 7 nitrogen and oxygen atoms in total. The molecular formula is C24H25N5O2. The van der Waals surface area contributed by atoms with Crippen LogP contribution in [-0.4, -0.2) is 41.1 Å². The van der Waals surface area contributed by atoms with Crippen LogP contribution in [0.5, 0.6) is 0 Å². The molecule has 0 bridgehead atoms. The van der Waals surface area contributed by atoms with Crippen molar-refractivity contribution >= 4 is 16.7 Å². The largest absolute Gasteiger partial charge is 0.423 e. The second-order valence-electron chi connectivity index (χ2n) is 7.97. The third kappa shape index (κ3) is 4.36. The molecule has 1 saturated heterocycles. The first-order valence-electron chi connectivity index (χ1n) is 10.7. The van der Waals surface area contributed by atoms with Gasteiger partial charge < -0.3 is 14.6 Å². The first-order chi connectivity index (χ1) is 15.3. The molecule has 5 rings (SSSR count). The summed E-state index contributed by atoms with van der Waals surface area (Å²) in [5, 5.41) is 15.1. The van der Waals surface area contributed by atoms with E-state index in [9.17, 15) is 4.79 Å². The predicted molar refractivity (Wildman–Crippen MR) is 121 cm³/mol. The Labute approximate surface area is 180 Å². The zero-order valence-electron chi connectivity index (χ0n) is 17.3. The van der Waals surface area contributed by atoms with Gasteiger partial charge in [-0.05, 0) is 43.5 Å². The summed E-state index contributed by atoms with van der Waals surface area (Å²) in [6, 6.07) is 18.7. The SMILES string of the molecule is O=c1cc(-c2cn[nH]n2)c2ccc(N3CCC(NCCc4ccccc4)CC3)cc2o1. The van der Waals surface area contributed by atoms with E-state index in [0.29, 0.717) is 17.3 Å². The van der Waals surface area contributed by atoms with Crippen LogP contribution in [0.2, 0.25) is 0 Å². The molecule has 1 fully saturated rings. The number of fused-ring (bicyclic) bond motifs is 1. The number of hydrogen-bond donors (Lipinski definition) is 2. The molecule has 0 amide bonds. The van der Waals surface area contributed by atoms with Crippen molar-refractivity contribution in [1.29, 1.82) is 0 Å². The van der Waals surface area contributed by atoms with Gasteiger partial charge in [-0.2, -0.15) is 15.4 Å². The van der Waals surface area contributed by atoms with Crippen LogP contribution in [0.3, 0.4) is 0 Å². The summed E-state index contributed by atoms with van der Waals surface area (Å²) in [6.07, 6.45) is 4.85. The van der Waals surface area contributed by atoms with Crippen molar-refractivity contribution in [2.24, 2.45) is 0 Å². The Balaban J connectivity index is 1.24. The lowest BCUT2D eigenvalue weighted by Crippen LogP contribution is -2.43. The minimum Gasteiger partial charge on any atom is -0.423 e. The molecule has 3 heterocycles. The van der Waals surface area contributed by atoms with E-state index in [-0.39, 0.29) is 5.63 Å². The van der Waals surface area contributed by atoms with E-state index >= 15 is 0 Å². The fraction of sp³-hybridized carbons (Fsp3) is 0.292. The van der Waals surface area contributed by atoms with Crippen molar-refractivity contribution in [2.75, 3.05) is 24.5 Å². The molecule has 31 heavy (non-hydrogen) atoms. The number of nitrogens with one attached hydrogen (secondary N) is 2. The highest BCUT2D eigenvalue weighted by atomic mass is 16.4.